The second-order valence-corrected chi connectivity index (χ2v) is 6.66. The summed E-state index contributed by atoms with van der Waals surface area (Å²) in [4.78, 5) is 14.6. The summed E-state index contributed by atoms with van der Waals surface area (Å²) in [5.41, 5.74) is 3.11. The standard InChI is InChI=1S/C14H16N6O2S/c21-14(13-15-16-17-20(13)22)18-7-5-10-3-4-11(9-12(10)18)19-6-1-2-8-23-19/h3-4,9,22H,1-2,5-8H2. The average Bonchev–Trinajstić information content (AvgIpc) is 3.20. The van der Waals surface area contributed by atoms with Crippen molar-refractivity contribution in [3.8, 4) is 0 Å². The Morgan fingerprint density at radius 2 is 2.17 bits per heavy atom. The molecule has 120 valence electrons. The smallest absolute Gasteiger partial charge is 0.301 e. The van der Waals surface area contributed by atoms with Crippen molar-refractivity contribution in [2.24, 2.45) is 0 Å². The number of carbonyl (C=O) groups is 1. The highest BCUT2D eigenvalue weighted by Gasteiger charge is 2.30. The summed E-state index contributed by atoms with van der Waals surface area (Å²) in [7, 11) is 0. The number of anilines is 2. The van der Waals surface area contributed by atoms with E-state index in [1.54, 1.807) is 4.90 Å². The van der Waals surface area contributed by atoms with Crippen molar-refractivity contribution in [2.75, 3.05) is 28.0 Å². The lowest BCUT2D eigenvalue weighted by molar-refractivity contribution is 0.0893. The van der Waals surface area contributed by atoms with Crippen LogP contribution in [0.5, 0.6) is 0 Å². The molecule has 4 rings (SSSR count). The molecular weight excluding hydrogens is 316 g/mol. The summed E-state index contributed by atoms with van der Waals surface area (Å²) in [5.74, 6) is 0.564. The molecule has 0 radical (unpaired) electrons. The predicted octanol–water partition coefficient (Wildman–Crippen LogP) is 1.36. The van der Waals surface area contributed by atoms with E-state index in [1.165, 1.54) is 12.8 Å². The minimum Gasteiger partial charge on any atom is -0.409 e. The molecule has 2 aliphatic heterocycles. The number of hydrogen-bond acceptors (Lipinski definition) is 7. The maximum absolute atomic E-state index is 12.6. The molecule has 0 bridgehead atoms. The summed E-state index contributed by atoms with van der Waals surface area (Å²) in [5, 5.41) is 19.7. The van der Waals surface area contributed by atoms with Gasteiger partial charge in [0.05, 0.1) is 0 Å². The maximum Gasteiger partial charge on any atom is 0.301 e. The fourth-order valence-electron chi connectivity index (χ4n) is 2.97. The van der Waals surface area contributed by atoms with Crippen molar-refractivity contribution in [2.45, 2.75) is 19.3 Å². The van der Waals surface area contributed by atoms with E-state index in [-0.39, 0.29) is 11.7 Å². The molecule has 23 heavy (non-hydrogen) atoms. The van der Waals surface area contributed by atoms with E-state index in [1.807, 2.05) is 18.0 Å². The number of hydrogen-bond donors (Lipinski definition) is 1. The largest absolute Gasteiger partial charge is 0.409 e. The Balaban J connectivity index is 1.64. The number of rotatable bonds is 2. The topological polar surface area (TPSA) is 87.4 Å². The molecule has 1 saturated heterocycles. The normalized spacial score (nSPS) is 17.4. The van der Waals surface area contributed by atoms with Crippen molar-refractivity contribution >= 4 is 29.2 Å². The Morgan fingerprint density at radius 3 is 2.91 bits per heavy atom. The van der Waals surface area contributed by atoms with Gasteiger partial charge in [0.25, 0.3) is 5.82 Å². The Labute approximate surface area is 137 Å². The van der Waals surface area contributed by atoms with Gasteiger partial charge in [0, 0.05) is 30.2 Å². The van der Waals surface area contributed by atoms with Crippen LogP contribution < -0.4 is 9.21 Å². The van der Waals surface area contributed by atoms with Gasteiger partial charge in [-0.25, -0.2) is 0 Å². The third-order valence-corrected chi connectivity index (χ3v) is 5.32. The molecule has 2 aromatic rings. The van der Waals surface area contributed by atoms with Crippen LogP contribution in [0.1, 0.15) is 29.0 Å². The van der Waals surface area contributed by atoms with Crippen LogP contribution in [0.3, 0.4) is 0 Å². The molecule has 1 aromatic heterocycles. The van der Waals surface area contributed by atoms with E-state index in [4.69, 9.17) is 0 Å². The van der Waals surface area contributed by atoms with Gasteiger partial charge in [-0.15, -0.1) is 0 Å². The van der Waals surface area contributed by atoms with Crippen LogP contribution in [0.4, 0.5) is 11.4 Å². The second-order valence-electron chi connectivity index (χ2n) is 5.55. The lowest BCUT2D eigenvalue weighted by Crippen LogP contribution is -2.31. The molecule has 1 N–H and O–H groups in total. The second kappa shape index (κ2) is 5.73. The molecule has 0 atom stereocenters. The first-order chi connectivity index (χ1) is 11.2. The summed E-state index contributed by atoms with van der Waals surface area (Å²) >= 11 is 1.83. The number of tetrazole rings is 1. The van der Waals surface area contributed by atoms with Crippen molar-refractivity contribution in [3.63, 3.8) is 0 Å². The van der Waals surface area contributed by atoms with Gasteiger partial charge in [0.15, 0.2) is 0 Å². The zero-order valence-corrected chi connectivity index (χ0v) is 13.2. The highest BCUT2D eigenvalue weighted by Crippen LogP contribution is 2.36. The van der Waals surface area contributed by atoms with E-state index >= 15 is 0 Å². The van der Waals surface area contributed by atoms with Crippen LogP contribution in [0, 0.1) is 0 Å². The summed E-state index contributed by atoms with van der Waals surface area (Å²) in [6, 6.07) is 6.24. The molecule has 2 aliphatic rings. The minimum absolute atomic E-state index is 0.171. The quantitative estimate of drug-likeness (QED) is 0.656. The van der Waals surface area contributed by atoms with E-state index in [0.29, 0.717) is 11.4 Å². The van der Waals surface area contributed by atoms with Crippen molar-refractivity contribution in [1.82, 2.24) is 20.4 Å². The van der Waals surface area contributed by atoms with Crippen LogP contribution in [-0.2, 0) is 6.42 Å². The molecule has 9 heteroatoms. The van der Waals surface area contributed by atoms with Crippen LogP contribution in [0.25, 0.3) is 0 Å². The van der Waals surface area contributed by atoms with Crippen molar-refractivity contribution in [3.05, 3.63) is 29.6 Å². The van der Waals surface area contributed by atoms with Crippen LogP contribution in [0.2, 0.25) is 0 Å². The summed E-state index contributed by atoms with van der Waals surface area (Å²) in [6.07, 6.45) is 3.23. The molecule has 3 heterocycles. The molecule has 1 aromatic carbocycles. The van der Waals surface area contributed by atoms with Gasteiger partial charge >= 0.3 is 5.91 Å². The Bertz CT molecular complexity index is 743. The van der Waals surface area contributed by atoms with Gasteiger partial charge in [-0.3, -0.25) is 4.79 Å². The van der Waals surface area contributed by atoms with Gasteiger partial charge in [0.2, 0.25) is 0 Å². The van der Waals surface area contributed by atoms with E-state index < -0.39 is 0 Å². The zero-order valence-electron chi connectivity index (χ0n) is 12.4. The zero-order chi connectivity index (χ0) is 15.8. The lowest BCUT2D eigenvalue weighted by Gasteiger charge is -2.28. The Kier molecular flexibility index (Phi) is 3.56. The van der Waals surface area contributed by atoms with Gasteiger partial charge in [-0.1, -0.05) is 16.0 Å². The molecule has 0 saturated carbocycles. The number of benzene rings is 1. The molecular formula is C14H16N6O2S. The predicted molar refractivity (Wildman–Crippen MR) is 85.9 cm³/mol. The van der Waals surface area contributed by atoms with Gasteiger partial charge in [-0.05, 0) is 59.3 Å². The number of nitrogens with zero attached hydrogens (tertiary/aromatic N) is 6. The molecule has 1 fully saturated rings. The lowest BCUT2D eigenvalue weighted by atomic mass is 10.1. The van der Waals surface area contributed by atoms with Crippen molar-refractivity contribution < 1.29 is 10.0 Å². The highest BCUT2D eigenvalue weighted by molar-refractivity contribution is 8.00. The third kappa shape index (κ3) is 2.50. The van der Waals surface area contributed by atoms with E-state index in [0.717, 1.165) is 35.7 Å². The Hall–Kier alpha value is -2.29. The first kappa shape index (κ1) is 14.3. The van der Waals surface area contributed by atoms with E-state index in [2.05, 4.69) is 32.0 Å². The van der Waals surface area contributed by atoms with Crippen molar-refractivity contribution in [1.29, 1.82) is 0 Å². The van der Waals surface area contributed by atoms with Gasteiger partial charge in [0.1, 0.15) is 0 Å². The average molecular weight is 332 g/mol. The van der Waals surface area contributed by atoms with E-state index in [9.17, 15) is 10.0 Å². The SMILES string of the molecule is O=C(c1nnnn1O)N1CCc2ccc(N3CCCCS3)cc21. The fourth-order valence-corrected chi connectivity index (χ4v) is 4.04. The molecule has 0 spiro atoms. The fraction of sp³-hybridized carbons (Fsp3) is 0.429. The third-order valence-electron chi connectivity index (χ3n) is 4.15. The maximum atomic E-state index is 12.6. The highest BCUT2D eigenvalue weighted by atomic mass is 32.2. The summed E-state index contributed by atoms with van der Waals surface area (Å²) < 4.78 is 2.28. The van der Waals surface area contributed by atoms with Crippen LogP contribution >= 0.6 is 11.9 Å². The minimum atomic E-state index is -0.389. The first-order valence-electron chi connectivity index (χ1n) is 7.57. The Morgan fingerprint density at radius 1 is 1.26 bits per heavy atom. The molecule has 0 aliphatic carbocycles. The summed E-state index contributed by atoms with van der Waals surface area (Å²) in [6.45, 7) is 1.59. The number of fused-ring (bicyclic) bond motifs is 1. The van der Waals surface area contributed by atoms with Crippen LogP contribution in [0.15, 0.2) is 18.2 Å². The molecule has 1 amide bonds. The first-order valence-corrected chi connectivity index (χ1v) is 8.51. The molecule has 0 unspecified atom stereocenters. The number of aromatic nitrogens is 4. The van der Waals surface area contributed by atoms with Gasteiger partial charge < -0.3 is 14.4 Å². The number of amides is 1. The van der Waals surface area contributed by atoms with Gasteiger partial charge in [-0.2, -0.15) is 0 Å². The number of carbonyl (C=O) groups excluding carboxylic acids is 1. The van der Waals surface area contributed by atoms with Crippen LogP contribution in [-0.4, -0.2) is 50.3 Å². The molecule has 8 nitrogen and oxygen atoms in total. The monoisotopic (exact) mass is 332 g/mol.